The van der Waals surface area contributed by atoms with Gasteiger partial charge in [0.05, 0.1) is 40.9 Å². The lowest BCUT2D eigenvalue weighted by Crippen LogP contribution is -2.66. The normalized spacial score (nSPS) is 21.6. The molecule has 2 aromatic rings. The van der Waals surface area contributed by atoms with Crippen molar-refractivity contribution in [2.24, 2.45) is 11.5 Å². The molecule has 0 spiro atoms. The SMILES string of the molecule is CC(=O)N[C@@H]1[C@@H](OC(C)CN[C@@H](COC(=O)Cc2ccccc2Nc2c(Cl)cccc2Cl)C(=O)O)[C@H](OC(=O)CC[C@@H](N)C(N)=O)[C@@H](CO)O[C@@H]1O. The van der Waals surface area contributed by atoms with Crippen molar-refractivity contribution in [2.45, 2.75) is 81.9 Å². The number of aliphatic carboxylic acids is 1. The van der Waals surface area contributed by atoms with Crippen LogP contribution in [0.5, 0.6) is 0 Å². The van der Waals surface area contributed by atoms with Gasteiger partial charge in [0.25, 0.3) is 0 Å². The van der Waals surface area contributed by atoms with Gasteiger partial charge in [-0.05, 0) is 37.1 Å². The van der Waals surface area contributed by atoms with Crippen molar-refractivity contribution in [1.29, 1.82) is 0 Å². The average Bonchev–Trinajstić information content (AvgIpc) is 3.08. The van der Waals surface area contributed by atoms with Crippen LogP contribution in [0.2, 0.25) is 10.0 Å². The van der Waals surface area contributed by atoms with Gasteiger partial charge in [0.1, 0.15) is 30.9 Å². The van der Waals surface area contributed by atoms with Crippen molar-refractivity contribution in [1.82, 2.24) is 10.6 Å². The number of nitrogens with one attached hydrogen (secondary N) is 3. The fourth-order valence-corrected chi connectivity index (χ4v) is 5.65. The maximum Gasteiger partial charge on any atom is 0.324 e. The fourth-order valence-electron chi connectivity index (χ4n) is 5.16. The van der Waals surface area contributed by atoms with Gasteiger partial charge in [-0.2, -0.15) is 0 Å². The summed E-state index contributed by atoms with van der Waals surface area (Å²) in [4.78, 5) is 60.8. The van der Waals surface area contributed by atoms with Crippen LogP contribution >= 0.6 is 23.2 Å². The quantitative estimate of drug-likeness (QED) is 0.0896. The molecule has 19 heteroatoms. The third-order valence-corrected chi connectivity index (χ3v) is 8.46. The Kier molecular flexibility index (Phi) is 16.5. The number of esters is 2. The maximum atomic E-state index is 12.8. The van der Waals surface area contributed by atoms with Gasteiger partial charge in [-0.25, -0.2) is 0 Å². The third-order valence-electron chi connectivity index (χ3n) is 7.83. The van der Waals surface area contributed by atoms with Gasteiger partial charge in [-0.1, -0.05) is 47.5 Å². The van der Waals surface area contributed by atoms with E-state index in [1.807, 2.05) is 0 Å². The van der Waals surface area contributed by atoms with Crippen molar-refractivity contribution < 1.29 is 58.2 Å². The van der Waals surface area contributed by atoms with E-state index in [9.17, 15) is 39.3 Å². The molecule has 2 aromatic carbocycles. The minimum atomic E-state index is -1.70. The number of benzene rings is 2. The van der Waals surface area contributed by atoms with Crippen molar-refractivity contribution >= 4 is 64.3 Å². The van der Waals surface area contributed by atoms with Crippen LogP contribution in [0.25, 0.3) is 0 Å². The predicted molar refractivity (Wildman–Crippen MR) is 186 cm³/mol. The van der Waals surface area contributed by atoms with Gasteiger partial charge in [0.15, 0.2) is 12.4 Å². The number of anilines is 2. The van der Waals surface area contributed by atoms with E-state index >= 15 is 0 Å². The number of halogens is 2. The van der Waals surface area contributed by atoms with E-state index < -0.39 is 91.8 Å². The van der Waals surface area contributed by atoms with E-state index in [4.69, 9.17) is 53.6 Å². The highest BCUT2D eigenvalue weighted by Crippen LogP contribution is 2.34. The number of carboxylic acids is 1. The highest BCUT2D eigenvalue weighted by Gasteiger charge is 2.49. The van der Waals surface area contributed by atoms with E-state index in [1.54, 1.807) is 42.5 Å². The Morgan fingerprint density at radius 3 is 2.31 bits per heavy atom. The Morgan fingerprint density at radius 2 is 1.69 bits per heavy atom. The molecule has 1 aliphatic heterocycles. The van der Waals surface area contributed by atoms with Gasteiger partial charge in [-0.15, -0.1) is 0 Å². The maximum absolute atomic E-state index is 12.8. The minimum Gasteiger partial charge on any atom is -0.480 e. The van der Waals surface area contributed by atoms with Crippen LogP contribution in [0.3, 0.4) is 0 Å². The number of ether oxygens (including phenoxy) is 4. The molecule has 1 unspecified atom stereocenters. The third kappa shape index (κ3) is 12.6. The molecule has 17 nitrogen and oxygen atoms in total. The first-order valence-electron chi connectivity index (χ1n) is 16.1. The van der Waals surface area contributed by atoms with Crippen LogP contribution in [0, 0.1) is 0 Å². The second-order valence-electron chi connectivity index (χ2n) is 11.9. The van der Waals surface area contributed by atoms with Gasteiger partial charge >= 0.3 is 17.9 Å². The molecule has 1 fully saturated rings. The van der Waals surface area contributed by atoms with Crippen molar-refractivity contribution in [3.63, 3.8) is 0 Å². The molecule has 286 valence electrons. The molecule has 0 saturated carbocycles. The second kappa shape index (κ2) is 20.2. The molecule has 2 amide bonds. The van der Waals surface area contributed by atoms with Crippen LogP contribution in [-0.4, -0.2) is 114 Å². The number of para-hydroxylation sites is 2. The summed E-state index contributed by atoms with van der Waals surface area (Å²) in [6, 6.07) is 8.05. The van der Waals surface area contributed by atoms with Gasteiger partial charge in [0, 0.05) is 25.6 Å². The number of nitrogens with two attached hydrogens (primary N) is 2. The number of carbonyl (C=O) groups is 5. The number of hydrogen-bond acceptors (Lipinski definition) is 14. The zero-order valence-corrected chi connectivity index (χ0v) is 29.8. The van der Waals surface area contributed by atoms with Crippen LogP contribution in [-0.2, 0) is 49.3 Å². The zero-order chi connectivity index (χ0) is 38.5. The molecule has 1 aliphatic rings. The van der Waals surface area contributed by atoms with Gasteiger partial charge in [0.2, 0.25) is 11.8 Å². The number of aliphatic hydroxyl groups excluding tert-OH is 2. The van der Waals surface area contributed by atoms with E-state index in [0.717, 1.165) is 0 Å². The number of rotatable bonds is 19. The lowest BCUT2D eigenvalue weighted by molar-refractivity contribution is -0.272. The molecular weight excluding hydrogens is 729 g/mol. The number of carboxylic acid groups (broad SMARTS) is 1. The molecule has 0 bridgehead atoms. The number of primary amides is 1. The highest BCUT2D eigenvalue weighted by atomic mass is 35.5. The summed E-state index contributed by atoms with van der Waals surface area (Å²) in [5.41, 5.74) is 12.2. The molecule has 1 heterocycles. The molecule has 0 aromatic heterocycles. The van der Waals surface area contributed by atoms with E-state index in [2.05, 4.69) is 16.0 Å². The summed E-state index contributed by atoms with van der Waals surface area (Å²) in [5, 5.41) is 39.5. The molecule has 52 heavy (non-hydrogen) atoms. The summed E-state index contributed by atoms with van der Waals surface area (Å²) in [6.45, 7) is 1.24. The topological polar surface area (TPSA) is 271 Å². The zero-order valence-electron chi connectivity index (χ0n) is 28.3. The van der Waals surface area contributed by atoms with E-state index in [0.29, 0.717) is 27.0 Å². The first kappa shape index (κ1) is 42.3. The Labute approximate surface area is 309 Å². The number of amides is 2. The standard InChI is InChI=1S/C33H43Cl2N5O12/c1-16(50-30-28(39-17(2)42)33(48)51-24(14-41)29(30)52-25(43)11-10-21(36)31(37)45)13-38-23(32(46)47)15-49-26(44)12-18-6-3-4-9-22(18)40-27-19(34)7-5-8-20(27)35/h3-9,16,21,23-24,28-30,33,38,40-41,48H,10-15,36H2,1-2H3,(H2,37,45)(H,39,42)(H,46,47)/t16?,21-,23+,24-,28-,29-,30-,33+/m1/s1. The Bertz CT molecular complexity index is 1550. The van der Waals surface area contributed by atoms with Crippen LogP contribution in [0.4, 0.5) is 11.4 Å². The van der Waals surface area contributed by atoms with Crippen LogP contribution in [0.1, 0.15) is 32.3 Å². The summed E-state index contributed by atoms with van der Waals surface area (Å²) < 4.78 is 22.3. The van der Waals surface area contributed by atoms with Crippen molar-refractivity contribution in [3.05, 3.63) is 58.1 Å². The predicted octanol–water partition coefficient (Wildman–Crippen LogP) is 0.358. The van der Waals surface area contributed by atoms with Gasteiger partial charge < -0.3 is 56.4 Å². The summed E-state index contributed by atoms with van der Waals surface area (Å²) in [5.74, 6) is -4.34. The molecule has 8 atom stereocenters. The monoisotopic (exact) mass is 771 g/mol. The largest absolute Gasteiger partial charge is 0.480 e. The van der Waals surface area contributed by atoms with Crippen molar-refractivity contribution in [3.8, 4) is 0 Å². The molecule has 0 radical (unpaired) electrons. The van der Waals surface area contributed by atoms with Crippen molar-refractivity contribution in [2.75, 3.05) is 25.1 Å². The Hall–Kier alpha value is -4.07. The molecule has 3 rings (SSSR count). The fraction of sp³-hybridized carbons (Fsp3) is 0.485. The minimum absolute atomic E-state index is 0.142. The highest BCUT2D eigenvalue weighted by molar-refractivity contribution is 6.39. The first-order chi connectivity index (χ1) is 24.6. The molecular formula is C33H43Cl2N5O12. The summed E-state index contributed by atoms with van der Waals surface area (Å²) >= 11 is 12.5. The Balaban J connectivity index is 1.65. The number of hydrogen-bond donors (Lipinski definition) is 8. The average molecular weight is 773 g/mol. The second-order valence-corrected chi connectivity index (χ2v) is 12.7. The number of aliphatic hydroxyl groups is 2. The first-order valence-corrected chi connectivity index (χ1v) is 16.9. The lowest BCUT2D eigenvalue weighted by Gasteiger charge is -2.44. The van der Waals surface area contributed by atoms with E-state index in [1.165, 1.54) is 13.8 Å². The molecule has 0 aliphatic carbocycles. The van der Waals surface area contributed by atoms with Gasteiger partial charge in [-0.3, -0.25) is 29.3 Å². The molecule has 10 N–H and O–H groups in total. The summed E-state index contributed by atoms with van der Waals surface area (Å²) in [7, 11) is 0. The summed E-state index contributed by atoms with van der Waals surface area (Å²) in [6.07, 6.45) is -7.27. The molecule has 1 saturated heterocycles. The van der Waals surface area contributed by atoms with Crippen LogP contribution in [0.15, 0.2) is 42.5 Å². The Morgan fingerprint density at radius 1 is 1.02 bits per heavy atom. The number of carbonyl (C=O) groups excluding carboxylic acids is 4. The smallest absolute Gasteiger partial charge is 0.324 e. The van der Waals surface area contributed by atoms with Crippen LogP contribution < -0.4 is 27.4 Å². The lowest BCUT2D eigenvalue weighted by atomic mass is 9.96. The van der Waals surface area contributed by atoms with E-state index in [-0.39, 0.29) is 25.8 Å².